The smallest absolute Gasteiger partial charge is 0.192 e. The van der Waals surface area contributed by atoms with E-state index in [0.29, 0.717) is 17.0 Å². The molecule has 0 aliphatic carbocycles. The van der Waals surface area contributed by atoms with Crippen LogP contribution >= 0.6 is 0 Å². The zero-order valence-corrected chi connectivity index (χ0v) is 21.3. The molecule has 2 aromatic heterocycles. The van der Waals surface area contributed by atoms with Gasteiger partial charge in [-0.2, -0.15) is 0 Å². The van der Waals surface area contributed by atoms with E-state index < -0.39 is 14.5 Å². The molecule has 0 spiro atoms. The first-order valence-corrected chi connectivity index (χ1v) is 14.4. The van der Waals surface area contributed by atoms with E-state index in [-0.39, 0.29) is 23.3 Å². The van der Waals surface area contributed by atoms with Crippen molar-refractivity contribution >= 4 is 31.5 Å². The second-order valence-corrected chi connectivity index (χ2v) is 14.8. The fourth-order valence-electron chi connectivity index (χ4n) is 3.87. The van der Waals surface area contributed by atoms with E-state index >= 15 is 0 Å². The van der Waals surface area contributed by atoms with Crippen molar-refractivity contribution in [1.29, 1.82) is 0 Å². The Morgan fingerprint density at radius 2 is 1.91 bits per heavy atom. The summed E-state index contributed by atoms with van der Waals surface area (Å²) in [6.07, 6.45) is 5.11. The van der Waals surface area contributed by atoms with Crippen molar-refractivity contribution in [1.82, 2.24) is 19.5 Å². The Labute approximate surface area is 196 Å². The van der Waals surface area contributed by atoms with E-state index in [1.165, 1.54) is 6.33 Å². The molecule has 1 aliphatic rings. The van der Waals surface area contributed by atoms with Gasteiger partial charge in [0.1, 0.15) is 24.0 Å². The lowest BCUT2D eigenvalue weighted by atomic mass is 10.1. The van der Waals surface area contributed by atoms with Crippen LogP contribution in [0.5, 0.6) is 0 Å². The maximum absolute atomic E-state index is 6.99. The number of anilines is 1. The van der Waals surface area contributed by atoms with Gasteiger partial charge in [-0.3, -0.25) is 9.56 Å². The molecule has 4 rings (SSSR count). The molecule has 4 atom stereocenters. The zero-order chi connectivity index (χ0) is 23.8. The summed E-state index contributed by atoms with van der Waals surface area (Å²) in [4.78, 5) is 18.0. The summed E-state index contributed by atoms with van der Waals surface area (Å²) >= 11 is 0. The molecule has 3 aromatic rings. The summed E-state index contributed by atoms with van der Waals surface area (Å²) in [5.41, 5.74) is 8.29. The molecule has 8 nitrogen and oxygen atoms in total. The highest BCUT2D eigenvalue weighted by atomic mass is 28.4. The minimum atomic E-state index is -2.14. The number of imidazole rings is 1. The van der Waals surface area contributed by atoms with Crippen LogP contribution in [-0.2, 0) is 9.16 Å². The third-order valence-electron chi connectivity index (χ3n) is 6.81. The summed E-state index contributed by atoms with van der Waals surface area (Å²) in [5, 5.41) is 0.0408. The number of aromatic nitrogens is 4. The minimum Gasteiger partial charge on any atom is -0.407 e. The number of benzene rings is 1. The molecule has 33 heavy (non-hydrogen) atoms. The highest BCUT2D eigenvalue weighted by Crippen LogP contribution is 2.43. The first-order valence-electron chi connectivity index (χ1n) is 11.5. The molecule has 1 saturated heterocycles. The average Bonchev–Trinajstić information content (AvgIpc) is 3.34. The second kappa shape index (κ2) is 8.96. The molecule has 1 aromatic carbocycles. The Kier molecular flexibility index (Phi) is 6.39. The van der Waals surface area contributed by atoms with Crippen LogP contribution in [-0.4, -0.2) is 52.3 Å². The van der Waals surface area contributed by atoms with Crippen LogP contribution in [0.3, 0.4) is 0 Å². The number of fused-ring (bicyclic) bond motifs is 1. The number of hydrogen-bond donors (Lipinski definition) is 1. The number of nitrogens with zero attached hydrogens (tertiary/aromatic N) is 5. The number of ether oxygens (including phenoxy) is 1. The maximum atomic E-state index is 6.99. The Morgan fingerprint density at radius 1 is 1.18 bits per heavy atom. The van der Waals surface area contributed by atoms with Gasteiger partial charge in [-0.1, -0.05) is 58.0 Å². The highest BCUT2D eigenvalue weighted by molar-refractivity contribution is 6.74. The van der Waals surface area contributed by atoms with Crippen molar-refractivity contribution in [2.75, 3.05) is 5.73 Å². The van der Waals surface area contributed by atoms with E-state index in [1.54, 1.807) is 6.33 Å². The molecule has 3 heterocycles. The van der Waals surface area contributed by atoms with E-state index in [2.05, 4.69) is 55.7 Å². The zero-order valence-electron chi connectivity index (χ0n) is 20.3. The molecule has 0 radical (unpaired) electrons. The van der Waals surface area contributed by atoms with Crippen LogP contribution in [0, 0.1) is 0 Å². The van der Waals surface area contributed by atoms with Gasteiger partial charge in [0.2, 0.25) is 0 Å². The fourth-order valence-corrected chi connectivity index (χ4v) is 5.16. The molecule has 1 fully saturated rings. The number of rotatable bonds is 6. The number of hydrogen-bond acceptors (Lipinski definition) is 7. The van der Waals surface area contributed by atoms with Gasteiger partial charge in [-0.25, -0.2) is 15.0 Å². The van der Waals surface area contributed by atoms with Gasteiger partial charge >= 0.3 is 0 Å². The number of nitrogen functional groups attached to an aromatic ring is 1. The van der Waals surface area contributed by atoms with Crippen molar-refractivity contribution in [3.05, 3.63) is 48.5 Å². The monoisotopic (exact) mass is 466 g/mol. The minimum absolute atomic E-state index is 0.0408. The molecule has 1 unspecified atom stereocenters. The molecule has 0 amide bonds. The molecule has 9 heteroatoms. The quantitative estimate of drug-likeness (QED) is 0.421. The Hall–Kier alpha value is -2.62. The van der Waals surface area contributed by atoms with Gasteiger partial charge in [0.15, 0.2) is 26.0 Å². The topological polar surface area (TPSA) is 100 Å². The Morgan fingerprint density at radius 3 is 2.58 bits per heavy atom. The van der Waals surface area contributed by atoms with Gasteiger partial charge in [-0.15, -0.1) is 0 Å². The molecule has 2 N–H and O–H groups in total. The van der Waals surface area contributed by atoms with Crippen molar-refractivity contribution in [2.24, 2.45) is 4.99 Å². The van der Waals surface area contributed by atoms with Gasteiger partial charge in [-0.05, 0) is 30.1 Å². The second-order valence-electron chi connectivity index (χ2n) is 10.1. The number of nitrogens with two attached hydrogens (primary N) is 1. The van der Waals surface area contributed by atoms with Crippen LogP contribution < -0.4 is 5.73 Å². The van der Waals surface area contributed by atoms with E-state index in [0.717, 1.165) is 12.0 Å². The summed E-state index contributed by atoms with van der Waals surface area (Å²) in [5.74, 6) is 0.351. The predicted molar refractivity (Wildman–Crippen MR) is 134 cm³/mol. The van der Waals surface area contributed by atoms with Gasteiger partial charge < -0.3 is 14.9 Å². The first kappa shape index (κ1) is 23.5. The maximum Gasteiger partial charge on any atom is 0.192 e. The van der Waals surface area contributed by atoms with Crippen LogP contribution in [0.2, 0.25) is 18.1 Å². The van der Waals surface area contributed by atoms with Crippen LogP contribution in [0.25, 0.3) is 11.2 Å². The summed E-state index contributed by atoms with van der Waals surface area (Å²) in [7, 11) is -2.14. The van der Waals surface area contributed by atoms with Crippen LogP contribution in [0.4, 0.5) is 5.82 Å². The van der Waals surface area contributed by atoms with Crippen molar-refractivity contribution in [3.63, 3.8) is 0 Å². The largest absolute Gasteiger partial charge is 0.407 e. The van der Waals surface area contributed by atoms with E-state index in [1.807, 2.05) is 41.1 Å². The third-order valence-corrected chi connectivity index (χ3v) is 11.3. The third kappa shape index (κ3) is 4.57. The van der Waals surface area contributed by atoms with Gasteiger partial charge in [0.05, 0.1) is 12.4 Å². The van der Waals surface area contributed by atoms with Crippen LogP contribution in [0.15, 0.2) is 48.0 Å². The fraction of sp³-hybridized carbons (Fsp3) is 0.500. The van der Waals surface area contributed by atoms with E-state index in [4.69, 9.17) is 19.9 Å². The van der Waals surface area contributed by atoms with Crippen molar-refractivity contribution in [3.8, 4) is 0 Å². The Balaban J connectivity index is 1.77. The predicted octanol–water partition coefficient (Wildman–Crippen LogP) is 4.59. The van der Waals surface area contributed by atoms with Gasteiger partial charge in [0, 0.05) is 6.21 Å². The van der Waals surface area contributed by atoms with Gasteiger partial charge in [0.25, 0.3) is 0 Å². The standard InChI is InChI=1S/C24H34N6O2Si/c1-7-17-18(26-13-16-11-9-8-10-12-16)20(32-33(5,6)24(2,3)4)23(31-17)30-15-29-19-21(25)27-14-28-22(19)30/h8-15,17-18,20,23H,7H2,1-6H3,(H2,25,27,28)/t17-,18-,20?,23-/m1/s1. The lowest BCUT2D eigenvalue weighted by Crippen LogP contribution is -2.48. The molecule has 176 valence electrons. The molecular weight excluding hydrogens is 432 g/mol. The normalized spacial score (nSPS) is 24.2. The molecular formula is C24H34N6O2Si. The highest BCUT2D eigenvalue weighted by Gasteiger charge is 2.50. The molecule has 1 aliphatic heterocycles. The first-order chi connectivity index (χ1) is 15.6. The molecule has 0 saturated carbocycles. The SMILES string of the molecule is CC[C@H]1O[C@@H](n2cnc3c(N)ncnc32)C(O[Si](C)(C)C(C)(C)C)[C@@H]1N=Cc1ccccc1. The Bertz CT molecular complexity index is 1120. The van der Waals surface area contributed by atoms with Crippen molar-refractivity contribution in [2.45, 2.75) is 76.7 Å². The summed E-state index contributed by atoms with van der Waals surface area (Å²) in [6, 6.07) is 9.96. The van der Waals surface area contributed by atoms with E-state index in [9.17, 15) is 0 Å². The number of aliphatic imine (C=N–C) groups is 1. The van der Waals surface area contributed by atoms with Crippen molar-refractivity contribution < 1.29 is 9.16 Å². The van der Waals surface area contributed by atoms with Crippen LogP contribution in [0.1, 0.15) is 45.9 Å². The average molecular weight is 467 g/mol. The summed E-state index contributed by atoms with van der Waals surface area (Å²) < 4.78 is 15.5. The lowest BCUT2D eigenvalue weighted by Gasteiger charge is -2.40. The summed E-state index contributed by atoms with van der Waals surface area (Å²) in [6.45, 7) is 13.4. The molecule has 0 bridgehead atoms. The lowest BCUT2D eigenvalue weighted by molar-refractivity contribution is -0.0321.